The Kier molecular flexibility index (Phi) is 5.91. The van der Waals surface area contributed by atoms with Crippen molar-refractivity contribution in [2.45, 2.75) is 32.6 Å². The lowest BCUT2D eigenvalue weighted by Gasteiger charge is -2.09. The van der Waals surface area contributed by atoms with E-state index in [1.807, 2.05) is 6.07 Å². The van der Waals surface area contributed by atoms with Crippen molar-refractivity contribution in [3.63, 3.8) is 0 Å². The average molecular weight is 406 g/mol. The SMILES string of the molecule is Cc1onc(-c2ccc(F)cn2)c1COc1cc(CONC2CCOC2)sn1. The Balaban J connectivity index is 1.34. The number of rotatable bonds is 8. The van der Waals surface area contributed by atoms with Gasteiger partial charge in [0.1, 0.15) is 30.5 Å². The Labute approximate surface area is 164 Å². The molecule has 0 aliphatic carbocycles. The summed E-state index contributed by atoms with van der Waals surface area (Å²) in [6.45, 7) is 3.83. The molecule has 3 aromatic rings. The van der Waals surface area contributed by atoms with Crippen molar-refractivity contribution < 1.29 is 23.2 Å². The zero-order chi connectivity index (χ0) is 19.3. The fraction of sp³-hybridized carbons (Fsp3) is 0.389. The van der Waals surface area contributed by atoms with Crippen LogP contribution in [0.15, 0.2) is 28.9 Å². The first kappa shape index (κ1) is 18.9. The number of pyridine rings is 1. The van der Waals surface area contributed by atoms with E-state index in [1.165, 1.54) is 17.6 Å². The van der Waals surface area contributed by atoms with Gasteiger partial charge in [0.05, 0.1) is 35.0 Å². The van der Waals surface area contributed by atoms with Crippen molar-refractivity contribution in [3.05, 3.63) is 46.4 Å². The first-order valence-electron chi connectivity index (χ1n) is 8.79. The quantitative estimate of drug-likeness (QED) is 0.571. The predicted molar refractivity (Wildman–Crippen MR) is 98.0 cm³/mol. The Morgan fingerprint density at radius 2 is 2.29 bits per heavy atom. The third-order valence-corrected chi connectivity index (χ3v) is 4.99. The van der Waals surface area contributed by atoms with Crippen molar-refractivity contribution in [1.29, 1.82) is 0 Å². The molecule has 10 heteroatoms. The molecule has 0 aromatic carbocycles. The van der Waals surface area contributed by atoms with Gasteiger partial charge in [-0.15, -0.1) is 0 Å². The van der Waals surface area contributed by atoms with Crippen LogP contribution in [0, 0.1) is 12.7 Å². The molecule has 1 aliphatic rings. The summed E-state index contributed by atoms with van der Waals surface area (Å²) in [5.41, 5.74) is 4.78. The molecule has 1 N–H and O–H groups in total. The van der Waals surface area contributed by atoms with Crippen LogP contribution in [-0.2, 0) is 22.8 Å². The van der Waals surface area contributed by atoms with E-state index in [0.717, 1.165) is 29.7 Å². The second-order valence-corrected chi connectivity index (χ2v) is 7.20. The molecule has 28 heavy (non-hydrogen) atoms. The van der Waals surface area contributed by atoms with Crippen LogP contribution < -0.4 is 10.2 Å². The summed E-state index contributed by atoms with van der Waals surface area (Å²) >= 11 is 1.31. The second kappa shape index (κ2) is 8.74. The van der Waals surface area contributed by atoms with Crippen LogP contribution in [0.3, 0.4) is 0 Å². The zero-order valence-electron chi connectivity index (χ0n) is 15.2. The lowest BCUT2D eigenvalue weighted by Crippen LogP contribution is -2.28. The van der Waals surface area contributed by atoms with Gasteiger partial charge in [0, 0.05) is 12.7 Å². The molecule has 4 rings (SSSR count). The van der Waals surface area contributed by atoms with Crippen LogP contribution in [0.1, 0.15) is 22.6 Å². The molecule has 0 radical (unpaired) electrons. The first-order chi connectivity index (χ1) is 13.7. The summed E-state index contributed by atoms with van der Waals surface area (Å²) in [4.78, 5) is 10.5. The maximum atomic E-state index is 13.1. The standard InChI is InChI=1S/C18H19FN4O4S/c1-11-15(18(22-27-11)16-3-2-12(19)7-20-16)10-25-17-6-14(28-23-17)9-26-21-13-4-5-24-8-13/h2-3,6-7,13,21H,4-5,8-10H2,1H3. The molecule has 1 unspecified atom stereocenters. The maximum absolute atomic E-state index is 13.1. The largest absolute Gasteiger partial charge is 0.472 e. The minimum atomic E-state index is -0.408. The van der Waals surface area contributed by atoms with Crippen LogP contribution >= 0.6 is 11.5 Å². The Bertz CT molecular complexity index is 909. The van der Waals surface area contributed by atoms with Crippen molar-refractivity contribution >= 4 is 11.5 Å². The molecule has 148 valence electrons. The van der Waals surface area contributed by atoms with Gasteiger partial charge in [-0.25, -0.2) is 4.39 Å². The molecule has 1 saturated heterocycles. The van der Waals surface area contributed by atoms with E-state index < -0.39 is 5.82 Å². The minimum Gasteiger partial charge on any atom is -0.472 e. The van der Waals surface area contributed by atoms with Gasteiger partial charge in [0.25, 0.3) is 0 Å². The highest BCUT2D eigenvalue weighted by Gasteiger charge is 2.18. The van der Waals surface area contributed by atoms with E-state index in [1.54, 1.807) is 13.0 Å². The zero-order valence-corrected chi connectivity index (χ0v) is 16.0. The van der Waals surface area contributed by atoms with Crippen LogP contribution in [0.2, 0.25) is 0 Å². The lowest BCUT2D eigenvalue weighted by molar-refractivity contribution is 0.00275. The molecule has 3 aromatic heterocycles. The van der Waals surface area contributed by atoms with Gasteiger partial charge in [-0.3, -0.25) is 9.82 Å². The third kappa shape index (κ3) is 4.53. The van der Waals surface area contributed by atoms with E-state index in [-0.39, 0.29) is 12.6 Å². The highest BCUT2D eigenvalue weighted by molar-refractivity contribution is 7.05. The summed E-state index contributed by atoms with van der Waals surface area (Å²) in [7, 11) is 0. The molecular weight excluding hydrogens is 387 g/mol. The number of hydroxylamine groups is 1. The summed E-state index contributed by atoms with van der Waals surface area (Å²) in [5.74, 6) is 0.697. The predicted octanol–water partition coefficient (Wildman–Crippen LogP) is 3.03. The Morgan fingerprint density at radius 3 is 3.07 bits per heavy atom. The molecule has 1 fully saturated rings. The molecule has 4 heterocycles. The van der Waals surface area contributed by atoms with Crippen molar-refractivity contribution in [1.82, 2.24) is 20.0 Å². The van der Waals surface area contributed by atoms with Gasteiger partial charge in [-0.05, 0) is 37.0 Å². The molecule has 1 atom stereocenters. The summed E-state index contributed by atoms with van der Waals surface area (Å²) < 4.78 is 33.7. The van der Waals surface area contributed by atoms with E-state index in [0.29, 0.717) is 36.2 Å². The summed E-state index contributed by atoms with van der Waals surface area (Å²) in [6.07, 6.45) is 2.09. The van der Waals surface area contributed by atoms with Crippen molar-refractivity contribution in [2.75, 3.05) is 13.2 Å². The Hall–Kier alpha value is -2.40. The van der Waals surface area contributed by atoms with E-state index in [9.17, 15) is 4.39 Å². The monoisotopic (exact) mass is 406 g/mol. The highest BCUT2D eigenvalue weighted by atomic mass is 32.1. The van der Waals surface area contributed by atoms with E-state index in [2.05, 4.69) is 20.0 Å². The fourth-order valence-corrected chi connectivity index (χ4v) is 3.29. The normalized spacial score (nSPS) is 16.6. The van der Waals surface area contributed by atoms with Crippen LogP contribution in [0.25, 0.3) is 11.4 Å². The number of ether oxygens (including phenoxy) is 2. The van der Waals surface area contributed by atoms with Gasteiger partial charge < -0.3 is 14.0 Å². The lowest BCUT2D eigenvalue weighted by atomic mass is 10.1. The molecule has 0 spiro atoms. The van der Waals surface area contributed by atoms with Crippen molar-refractivity contribution in [3.8, 4) is 17.3 Å². The van der Waals surface area contributed by atoms with Gasteiger partial charge in [-0.1, -0.05) is 5.16 Å². The summed E-state index contributed by atoms with van der Waals surface area (Å²) in [6, 6.07) is 4.95. The number of nitrogens with one attached hydrogen (secondary N) is 1. The maximum Gasteiger partial charge on any atom is 0.225 e. The molecule has 0 saturated carbocycles. The molecule has 1 aliphatic heterocycles. The third-order valence-electron chi connectivity index (χ3n) is 4.25. The van der Waals surface area contributed by atoms with Crippen LogP contribution in [-0.4, -0.2) is 33.8 Å². The number of nitrogens with zero attached hydrogens (tertiary/aromatic N) is 3. The number of aromatic nitrogens is 3. The second-order valence-electron chi connectivity index (χ2n) is 6.31. The molecular formula is C18H19FN4O4S. The van der Waals surface area contributed by atoms with Crippen LogP contribution in [0.4, 0.5) is 4.39 Å². The molecule has 8 nitrogen and oxygen atoms in total. The highest BCUT2D eigenvalue weighted by Crippen LogP contribution is 2.26. The topological polar surface area (TPSA) is 91.5 Å². The van der Waals surface area contributed by atoms with Crippen LogP contribution in [0.5, 0.6) is 5.88 Å². The number of halogens is 1. The van der Waals surface area contributed by atoms with Gasteiger partial charge in [0.15, 0.2) is 0 Å². The number of hydrogen-bond acceptors (Lipinski definition) is 9. The summed E-state index contributed by atoms with van der Waals surface area (Å²) in [5, 5.41) is 4.02. The number of hydrogen-bond donors (Lipinski definition) is 1. The first-order valence-corrected chi connectivity index (χ1v) is 9.57. The van der Waals surface area contributed by atoms with Crippen molar-refractivity contribution in [2.24, 2.45) is 0 Å². The van der Waals surface area contributed by atoms with Gasteiger partial charge >= 0.3 is 0 Å². The molecule has 0 bridgehead atoms. The van der Waals surface area contributed by atoms with E-state index in [4.69, 9.17) is 18.8 Å². The molecule has 0 amide bonds. The van der Waals surface area contributed by atoms with Gasteiger partial charge in [-0.2, -0.15) is 9.85 Å². The Morgan fingerprint density at radius 1 is 1.36 bits per heavy atom. The average Bonchev–Trinajstić information content (AvgIpc) is 3.43. The minimum absolute atomic E-state index is 0.214. The van der Waals surface area contributed by atoms with Gasteiger partial charge in [0.2, 0.25) is 5.88 Å². The fourth-order valence-electron chi connectivity index (χ4n) is 2.71. The smallest absolute Gasteiger partial charge is 0.225 e. The van der Waals surface area contributed by atoms with E-state index >= 15 is 0 Å². The number of aryl methyl sites for hydroxylation is 1.